The van der Waals surface area contributed by atoms with E-state index in [0.29, 0.717) is 0 Å². The van der Waals surface area contributed by atoms with Crippen molar-refractivity contribution in [2.24, 2.45) is 0 Å². The molecule has 0 aliphatic rings. The molecule has 0 heterocycles. The first-order chi connectivity index (χ1) is 6.81. The standard InChI is InChI=1S/C8H9O.2C2H5.Al/c1-7-5-3-4-6-8(7)9-2;2*1-2;/h3-6H,1H2,2H3;2*1H2,2H3;. The van der Waals surface area contributed by atoms with E-state index in [9.17, 15) is 0 Å². The van der Waals surface area contributed by atoms with Gasteiger partial charge in [0, 0.05) is 0 Å². The minimum Gasteiger partial charge on any atom is -0.497 e. The lowest BCUT2D eigenvalue weighted by Gasteiger charge is -2.10. The van der Waals surface area contributed by atoms with Gasteiger partial charge >= 0.3 is 0 Å². The molecule has 0 radical (unpaired) electrons. The molecule has 0 aromatic heterocycles. The fraction of sp³-hybridized carbons (Fsp3) is 0.500. The van der Waals surface area contributed by atoms with E-state index in [1.807, 2.05) is 6.07 Å². The maximum absolute atomic E-state index is 5.36. The van der Waals surface area contributed by atoms with Gasteiger partial charge < -0.3 is 4.74 Å². The van der Waals surface area contributed by atoms with Crippen molar-refractivity contribution in [3.05, 3.63) is 29.8 Å². The van der Waals surface area contributed by atoms with Gasteiger partial charge in [0.1, 0.15) is 5.75 Å². The Bertz CT molecular complexity index is 269. The van der Waals surface area contributed by atoms with E-state index in [1.54, 1.807) is 7.11 Å². The maximum atomic E-state index is 5.36. The van der Waals surface area contributed by atoms with Crippen LogP contribution >= 0.6 is 0 Å². The summed E-state index contributed by atoms with van der Waals surface area (Å²) in [7, 11) is 1.76. The Balaban J connectivity index is 2.74. The molecule has 0 saturated heterocycles. The Morgan fingerprint density at radius 3 is 2.36 bits per heavy atom. The van der Waals surface area contributed by atoms with Gasteiger partial charge in [-0.05, 0) is 11.6 Å². The second kappa shape index (κ2) is 6.11. The topological polar surface area (TPSA) is 9.23 Å². The van der Waals surface area contributed by atoms with Gasteiger partial charge in [0.15, 0.2) is 0 Å². The van der Waals surface area contributed by atoms with Crippen LogP contribution in [0.4, 0.5) is 0 Å². The minimum absolute atomic E-state index is 0.541. The highest BCUT2D eigenvalue weighted by Gasteiger charge is 2.14. The summed E-state index contributed by atoms with van der Waals surface area (Å²) < 4.78 is 5.36. The van der Waals surface area contributed by atoms with Crippen LogP contribution in [0.2, 0.25) is 10.6 Å². The lowest BCUT2D eigenvalue weighted by atomic mass is 10.2. The van der Waals surface area contributed by atoms with Crippen molar-refractivity contribution in [2.45, 2.75) is 29.7 Å². The molecule has 0 aliphatic heterocycles. The van der Waals surface area contributed by atoms with Crippen molar-refractivity contribution in [1.82, 2.24) is 0 Å². The molecule has 0 unspecified atom stereocenters. The van der Waals surface area contributed by atoms with E-state index in [2.05, 4.69) is 32.0 Å². The predicted molar refractivity (Wildman–Crippen MR) is 63.4 cm³/mol. The van der Waals surface area contributed by atoms with Crippen LogP contribution in [0, 0.1) is 0 Å². The molecule has 1 nitrogen and oxygen atoms in total. The highest BCUT2D eigenvalue weighted by atomic mass is 27.2. The Kier molecular flexibility index (Phi) is 5.08. The van der Waals surface area contributed by atoms with E-state index < -0.39 is 14.1 Å². The van der Waals surface area contributed by atoms with Gasteiger partial charge in [-0.3, -0.25) is 0 Å². The molecule has 0 atom stereocenters. The third-order valence-electron chi connectivity index (χ3n) is 2.86. The summed E-state index contributed by atoms with van der Waals surface area (Å²) in [5, 5.41) is 4.04. The fourth-order valence-electron chi connectivity index (χ4n) is 1.76. The van der Waals surface area contributed by atoms with Crippen LogP contribution in [0.25, 0.3) is 0 Å². The third-order valence-corrected chi connectivity index (χ3v) is 6.18. The highest BCUT2D eigenvalue weighted by Crippen LogP contribution is 2.20. The molecule has 1 rings (SSSR count). The Morgan fingerprint density at radius 1 is 1.14 bits per heavy atom. The first-order valence-corrected chi connectivity index (χ1v) is 7.88. The summed E-state index contributed by atoms with van der Waals surface area (Å²) >= 11 is -0.541. The molecule has 1 aromatic carbocycles. The van der Waals surface area contributed by atoms with Crippen LogP contribution in [-0.4, -0.2) is 21.3 Å². The van der Waals surface area contributed by atoms with Gasteiger partial charge in [-0.15, -0.1) is 0 Å². The number of ether oxygens (including phenoxy) is 1. The lowest BCUT2D eigenvalue weighted by Crippen LogP contribution is -2.14. The molecule has 2 heteroatoms. The zero-order valence-electron chi connectivity index (χ0n) is 9.42. The molecular formula is C12H19AlO. The van der Waals surface area contributed by atoms with E-state index >= 15 is 0 Å². The van der Waals surface area contributed by atoms with Crippen LogP contribution in [0.1, 0.15) is 19.4 Å². The molecule has 0 fully saturated rings. The number of rotatable bonds is 5. The zero-order valence-corrected chi connectivity index (χ0v) is 10.6. The lowest BCUT2D eigenvalue weighted by molar-refractivity contribution is 0.411. The van der Waals surface area contributed by atoms with Crippen LogP contribution < -0.4 is 4.74 Å². The molecule has 0 saturated carbocycles. The Morgan fingerprint density at radius 2 is 1.79 bits per heavy atom. The van der Waals surface area contributed by atoms with E-state index in [1.165, 1.54) is 21.4 Å². The summed E-state index contributed by atoms with van der Waals surface area (Å²) in [4.78, 5) is 0. The van der Waals surface area contributed by atoms with Crippen LogP contribution in [0.3, 0.4) is 0 Å². The molecule has 0 bridgehead atoms. The minimum atomic E-state index is -0.541. The largest absolute Gasteiger partial charge is 0.497 e. The number of hydrogen-bond donors (Lipinski definition) is 0. The van der Waals surface area contributed by atoms with Gasteiger partial charge in [0.2, 0.25) is 0 Å². The van der Waals surface area contributed by atoms with E-state index in [-0.39, 0.29) is 0 Å². The molecular weight excluding hydrogens is 187 g/mol. The van der Waals surface area contributed by atoms with Crippen LogP contribution in [0.5, 0.6) is 5.75 Å². The van der Waals surface area contributed by atoms with Crippen molar-refractivity contribution in [3.63, 3.8) is 0 Å². The van der Waals surface area contributed by atoms with Gasteiger partial charge in [-0.25, -0.2) is 0 Å². The van der Waals surface area contributed by atoms with Crippen molar-refractivity contribution < 1.29 is 4.74 Å². The first kappa shape index (κ1) is 11.6. The number of para-hydroxylation sites is 1. The Labute approximate surface area is 91.5 Å². The van der Waals surface area contributed by atoms with Crippen molar-refractivity contribution in [2.75, 3.05) is 7.11 Å². The molecule has 0 N–H and O–H groups in total. The summed E-state index contributed by atoms with van der Waals surface area (Å²) in [6, 6.07) is 8.40. The van der Waals surface area contributed by atoms with E-state index in [4.69, 9.17) is 4.74 Å². The molecule has 0 aliphatic carbocycles. The molecule has 0 spiro atoms. The average Bonchev–Trinajstić information content (AvgIpc) is 2.26. The van der Waals surface area contributed by atoms with Gasteiger partial charge in [0.05, 0.1) is 7.11 Å². The SMILES string of the molecule is C[CH2][Al]([CH2]C)[CH2]c1ccccc1OC. The second-order valence-corrected chi connectivity index (χ2v) is 7.47. The number of methoxy groups -OCH3 is 1. The zero-order chi connectivity index (χ0) is 10.4. The average molecular weight is 206 g/mol. The number of benzene rings is 1. The predicted octanol–water partition coefficient (Wildman–Crippen LogP) is 3.31. The van der Waals surface area contributed by atoms with Crippen molar-refractivity contribution in [3.8, 4) is 5.75 Å². The summed E-state index contributed by atoms with van der Waals surface area (Å²) in [6.45, 7) is 4.63. The van der Waals surface area contributed by atoms with Crippen LogP contribution in [0.15, 0.2) is 24.3 Å². The normalized spacial score (nSPS) is 9.93. The Hall–Kier alpha value is -0.448. The monoisotopic (exact) mass is 206 g/mol. The smallest absolute Gasteiger partial charge is 0.267 e. The molecule has 14 heavy (non-hydrogen) atoms. The van der Waals surface area contributed by atoms with Gasteiger partial charge in [0.25, 0.3) is 14.1 Å². The van der Waals surface area contributed by atoms with E-state index in [0.717, 1.165) is 5.75 Å². The summed E-state index contributed by atoms with van der Waals surface area (Å²) in [6.07, 6.45) is 0. The molecule has 76 valence electrons. The first-order valence-electron chi connectivity index (χ1n) is 5.43. The van der Waals surface area contributed by atoms with Gasteiger partial charge in [-0.1, -0.05) is 47.9 Å². The quantitative estimate of drug-likeness (QED) is 0.671. The van der Waals surface area contributed by atoms with Crippen molar-refractivity contribution >= 4 is 14.1 Å². The number of hydrogen-bond acceptors (Lipinski definition) is 1. The highest BCUT2D eigenvalue weighted by molar-refractivity contribution is 6.58. The third kappa shape index (κ3) is 3.05. The van der Waals surface area contributed by atoms with Crippen LogP contribution in [-0.2, 0) is 5.28 Å². The van der Waals surface area contributed by atoms with Crippen molar-refractivity contribution in [1.29, 1.82) is 0 Å². The maximum Gasteiger partial charge on any atom is 0.267 e. The summed E-state index contributed by atoms with van der Waals surface area (Å²) in [5.74, 6) is 1.06. The summed E-state index contributed by atoms with van der Waals surface area (Å²) in [5.41, 5.74) is 1.40. The fourth-order valence-corrected chi connectivity index (χ4v) is 3.87. The molecule has 1 aromatic rings. The molecule has 0 amide bonds. The second-order valence-electron chi connectivity index (χ2n) is 3.70. The van der Waals surface area contributed by atoms with Gasteiger partial charge in [-0.2, -0.15) is 0 Å².